The van der Waals surface area contributed by atoms with Gasteiger partial charge in [0.05, 0.1) is 22.6 Å². The monoisotopic (exact) mass is 294 g/mol. The molecule has 1 aromatic carbocycles. The Morgan fingerprint density at radius 1 is 1.40 bits per heavy atom. The molecular formula is C9H8BrFO3S. The first kappa shape index (κ1) is 11.0. The lowest BCUT2D eigenvalue weighted by molar-refractivity contribution is 0.0416. The van der Waals surface area contributed by atoms with E-state index in [2.05, 4.69) is 15.9 Å². The number of ether oxygens (including phenoxy) is 1. The lowest BCUT2D eigenvalue weighted by atomic mass is 10.3. The van der Waals surface area contributed by atoms with E-state index in [9.17, 15) is 12.8 Å². The van der Waals surface area contributed by atoms with Crippen molar-refractivity contribution in [2.75, 3.05) is 13.2 Å². The summed E-state index contributed by atoms with van der Waals surface area (Å²) in [6, 6.07) is 3.81. The van der Waals surface area contributed by atoms with Crippen molar-refractivity contribution in [1.29, 1.82) is 0 Å². The van der Waals surface area contributed by atoms with Gasteiger partial charge in [-0.25, -0.2) is 12.8 Å². The fraction of sp³-hybridized carbons (Fsp3) is 0.333. The first-order chi connectivity index (χ1) is 7.01. The Balaban J connectivity index is 2.40. The molecule has 0 atom stereocenters. The fourth-order valence-electron chi connectivity index (χ4n) is 1.24. The van der Waals surface area contributed by atoms with Crippen LogP contribution in [0.3, 0.4) is 0 Å². The van der Waals surface area contributed by atoms with Gasteiger partial charge in [0.25, 0.3) is 0 Å². The number of rotatable bonds is 2. The molecule has 0 bridgehead atoms. The summed E-state index contributed by atoms with van der Waals surface area (Å²) in [4.78, 5) is 0.0106. The largest absolute Gasteiger partial charge is 0.379 e. The highest BCUT2D eigenvalue weighted by Crippen LogP contribution is 2.24. The maximum atomic E-state index is 13.2. The Morgan fingerprint density at radius 2 is 2.07 bits per heavy atom. The molecule has 1 aliphatic heterocycles. The predicted octanol–water partition coefficient (Wildman–Crippen LogP) is 1.76. The van der Waals surface area contributed by atoms with Gasteiger partial charge in [-0.2, -0.15) is 0 Å². The van der Waals surface area contributed by atoms with Crippen molar-refractivity contribution in [1.82, 2.24) is 0 Å². The molecule has 6 heteroatoms. The molecule has 1 saturated heterocycles. The minimum atomic E-state index is -3.43. The first-order valence-electron chi connectivity index (χ1n) is 4.28. The van der Waals surface area contributed by atoms with Crippen molar-refractivity contribution in [3.05, 3.63) is 28.5 Å². The molecule has 0 radical (unpaired) electrons. The quantitative estimate of drug-likeness (QED) is 0.835. The lowest BCUT2D eigenvalue weighted by Crippen LogP contribution is -2.40. The van der Waals surface area contributed by atoms with Crippen LogP contribution in [0.2, 0.25) is 0 Å². The van der Waals surface area contributed by atoms with E-state index in [-0.39, 0.29) is 22.6 Å². The highest BCUT2D eigenvalue weighted by molar-refractivity contribution is 9.10. The summed E-state index contributed by atoms with van der Waals surface area (Å²) in [5.74, 6) is -0.573. The van der Waals surface area contributed by atoms with Crippen molar-refractivity contribution in [2.24, 2.45) is 0 Å². The van der Waals surface area contributed by atoms with Gasteiger partial charge in [-0.05, 0) is 34.1 Å². The Kier molecular flexibility index (Phi) is 2.83. The highest BCUT2D eigenvalue weighted by Gasteiger charge is 2.34. The number of benzene rings is 1. The standard InChI is InChI=1S/C9H8BrFO3S/c10-8-2-1-6(3-9(8)11)15(12,13)7-4-14-5-7/h1-3,7H,4-5H2. The molecule has 1 aromatic rings. The zero-order valence-electron chi connectivity index (χ0n) is 7.61. The molecule has 15 heavy (non-hydrogen) atoms. The molecule has 1 heterocycles. The number of sulfone groups is 1. The van der Waals surface area contributed by atoms with E-state index < -0.39 is 20.9 Å². The Labute approximate surface area is 95.3 Å². The molecule has 0 N–H and O–H groups in total. The maximum absolute atomic E-state index is 13.2. The smallest absolute Gasteiger partial charge is 0.185 e. The fourth-order valence-corrected chi connectivity index (χ4v) is 2.95. The van der Waals surface area contributed by atoms with Crippen LogP contribution >= 0.6 is 15.9 Å². The van der Waals surface area contributed by atoms with Crippen LogP contribution in [0.25, 0.3) is 0 Å². The third-order valence-electron chi connectivity index (χ3n) is 2.27. The maximum Gasteiger partial charge on any atom is 0.185 e. The third-order valence-corrected chi connectivity index (χ3v) is 4.97. The molecule has 0 aliphatic carbocycles. The molecular weight excluding hydrogens is 287 g/mol. The van der Waals surface area contributed by atoms with E-state index in [1.54, 1.807) is 0 Å². The lowest BCUT2D eigenvalue weighted by Gasteiger charge is -2.25. The van der Waals surface area contributed by atoms with Crippen LogP contribution in [0.4, 0.5) is 4.39 Å². The van der Waals surface area contributed by atoms with Crippen molar-refractivity contribution in [3.8, 4) is 0 Å². The molecule has 2 rings (SSSR count). The SMILES string of the molecule is O=S(=O)(c1ccc(Br)c(F)c1)C1COC1. The summed E-state index contributed by atoms with van der Waals surface area (Å²) in [6.45, 7) is 0.389. The number of hydrogen-bond acceptors (Lipinski definition) is 3. The zero-order valence-corrected chi connectivity index (χ0v) is 10.0. The summed E-state index contributed by atoms with van der Waals surface area (Å²) in [5.41, 5.74) is 0. The van der Waals surface area contributed by atoms with E-state index in [0.717, 1.165) is 6.07 Å². The molecule has 0 saturated carbocycles. The van der Waals surface area contributed by atoms with Crippen LogP contribution in [0, 0.1) is 5.82 Å². The van der Waals surface area contributed by atoms with E-state index in [1.807, 2.05) is 0 Å². The zero-order chi connectivity index (χ0) is 11.1. The van der Waals surface area contributed by atoms with Gasteiger partial charge in [0.2, 0.25) is 0 Å². The van der Waals surface area contributed by atoms with Crippen molar-refractivity contribution in [3.63, 3.8) is 0 Å². The Bertz CT molecular complexity index is 482. The molecule has 3 nitrogen and oxygen atoms in total. The van der Waals surface area contributed by atoms with Gasteiger partial charge < -0.3 is 4.74 Å². The van der Waals surface area contributed by atoms with E-state index in [0.29, 0.717) is 0 Å². The van der Waals surface area contributed by atoms with Gasteiger partial charge in [-0.1, -0.05) is 0 Å². The second kappa shape index (κ2) is 3.84. The normalized spacial score (nSPS) is 17.5. The van der Waals surface area contributed by atoms with Gasteiger partial charge in [-0.15, -0.1) is 0 Å². The average Bonchev–Trinajstić information content (AvgIpc) is 2.05. The van der Waals surface area contributed by atoms with Crippen LogP contribution in [0.5, 0.6) is 0 Å². The molecule has 82 valence electrons. The minimum Gasteiger partial charge on any atom is -0.379 e. The van der Waals surface area contributed by atoms with Gasteiger partial charge in [0.1, 0.15) is 11.1 Å². The van der Waals surface area contributed by atoms with Crippen LogP contribution in [-0.4, -0.2) is 26.9 Å². The molecule has 0 unspecified atom stereocenters. The minimum absolute atomic E-state index is 0.0106. The molecule has 1 aliphatic rings. The van der Waals surface area contributed by atoms with Crippen molar-refractivity contribution < 1.29 is 17.5 Å². The van der Waals surface area contributed by atoms with E-state index >= 15 is 0 Å². The first-order valence-corrected chi connectivity index (χ1v) is 6.62. The number of hydrogen-bond donors (Lipinski definition) is 0. The summed E-state index contributed by atoms with van der Waals surface area (Å²) >= 11 is 2.97. The van der Waals surface area contributed by atoms with Crippen LogP contribution < -0.4 is 0 Å². The van der Waals surface area contributed by atoms with Gasteiger partial charge in [0.15, 0.2) is 9.84 Å². The molecule has 0 aromatic heterocycles. The van der Waals surface area contributed by atoms with Crippen LogP contribution in [0.15, 0.2) is 27.6 Å². The van der Waals surface area contributed by atoms with Crippen LogP contribution in [0.1, 0.15) is 0 Å². The highest BCUT2D eigenvalue weighted by atomic mass is 79.9. The molecule has 0 amide bonds. The summed E-state index contributed by atoms with van der Waals surface area (Å²) in [5, 5.41) is -0.530. The Hall–Kier alpha value is -0.460. The van der Waals surface area contributed by atoms with Crippen molar-refractivity contribution in [2.45, 2.75) is 10.1 Å². The number of halogens is 2. The van der Waals surface area contributed by atoms with Gasteiger partial charge in [-0.3, -0.25) is 0 Å². The van der Waals surface area contributed by atoms with Crippen molar-refractivity contribution >= 4 is 25.8 Å². The van der Waals surface area contributed by atoms with E-state index in [4.69, 9.17) is 4.74 Å². The topological polar surface area (TPSA) is 43.4 Å². The second-order valence-electron chi connectivity index (χ2n) is 3.28. The molecule has 1 fully saturated rings. The van der Waals surface area contributed by atoms with Gasteiger partial charge in [0, 0.05) is 0 Å². The summed E-state index contributed by atoms with van der Waals surface area (Å²) in [7, 11) is -3.43. The Morgan fingerprint density at radius 3 is 2.53 bits per heavy atom. The molecule has 0 spiro atoms. The summed E-state index contributed by atoms with van der Waals surface area (Å²) < 4.78 is 41.9. The van der Waals surface area contributed by atoms with Gasteiger partial charge >= 0.3 is 0 Å². The second-order valence-corrected chi connectivity index (χ2v) is 6.36. The van der Waals surface area contributed by atoms with E-state index in [1.165, 1.54) is 12.1 Å². The van der Waals surface area contributed by atoms with Crippen LogP contribution in [-0.2, 0) is 14.6 Å². The average molecular weight is 295 g/mol. The predicted molar refractivity (Wildman–Crippen MR) is 55.9 cm³/mol. The summed E-state index contributed by atoms with van der Waals surface area (Å²) in [6.07, 6.45) is 0. The third kappa shape index (κ3) is 1.93.